The lowest BCUT2D eigenvalue weighted by Gasteiger charge is -2.29. The second-order valence-corrected chi connectivity index (χ2v) is 6.45. The molecule has 3 aliphatic rings. The van der Waals surface area contributed by atoms with Gasteiger partial charge >= 0.3 is 0 Å². The van der Waals surface area contributed by atoms with Crippen molar-refractivity contribution in [2.75, 3.05) is 6.54 Å². The van der Waals surface area contributed by atoms with Crippen molar-refractivity contribution in [1.82, 2.24) is 10.6 Å². The standard InChI is InChI=1S/C15H24N2O2/c18-14(11-3-1-4-11)16-9-13(10-7-8-10)17-15(19)12-5-2-6-12/h10-13H,1-9H2,(H,16,18)(H,17,19). The highest BCUT2D eigenvalue weighted by Gasteiger charge is 2.35. The van der Waals surface area contributed by atoms with E-state index in [9.17, 15) is 9.59 Å². The second-order valence-electron chi connectivity index (χ2n) is 6.45. The minimum absolute atomic E-state index is 0.164. The summed E-state index contributed by atoms with van der Waals surface area (Å²) in [5.41, 5.74) is 0. The van der Waals surface area contributed by atoms with E-state index in [1.54, 1.807) is 0 Å². The Labute approximate surface area is 114 Å². The lowest BCUT2D eigenvalue weighted by Crippen LogP contribution is -2.49. The first-order valence-electron chi connectivity index (χ1n) is 7.82. The van der Waals surface area contributed by atoms with Crippen molar-refractivity contribution in [3.63, 3.8) is 0 Å². The van der Waals surface area contributed by atoms with Crippen LogP contribution in [0, 0.1) is 17.8 Å². The third kappa shape index (κ3) is 3.10. The molecule has 3 saturated carbocycles. The lowest BCUT2D eigenvalue weighted by atomic mass is 9.84. The van der Waals surface area contributed by atoms with Gasteiger partial charge in [0, 0.05) is 24.4 Å². The number of carbonyl (C=O) groups is 2. The molecular weight excluding hydrogens is 240 g/mol. The van der Waals surface area contributed by atoms with E-state index in [0.717, 1.165) is 25.7 Å². The van der Waals surface area contributed by atoms with Gasteiger partial charge in [0.1, 0.15) is 0 Å². The number of carbonyl (C=O) groups excluding carboxylic acids is 2. The van der Waals surface area contributed by atoms with Crippen LogP contribution in [0.15, 0.2) is 0 Å². The predicted molar refractivity (Wildman–Crippen MR) is 72.3 cm³/mol. The molecule has 106 valence electrons. The van der Waals surface area contributed by atoms with Crippen molar-refractivity contribution < 1.29 is 9.59 Å². The van der Waals surface area contributed by atoms with Crippen LogP contribution >= 0.6 is 0 Å². The molecule has 3 aliphatic carbocycles. The molecule has 0 aromatic rings. The summed E-state index contributed by atoms with van der Waals surface area (Å²) in [6, 6.07) is 0.164. The SMILES string of the molecule is O=C(NCC(NC(=O)C1CCC1)C1CC1)C1CCC1. The zero-order valence-corrected chi connectivity index (χ0v) is 11.5. The first-order valence-corrected chi connectivity index (χ1v) is 7.82. The highest BCUT2D eigenvalue weighted by Crippen LogP contribution is 2.34. The summed E-state index contributed by atoms with van der Waals surface area (Å²) >= 11 is 0. The minimum Gasteiger partial charge on any atom is -0.354 e. The zero-order chi connectivity index (χ0) is 13.2. The number of amides is 2. The maximum absolute atomic E-state index is 12.0. The van der Waals surface area contributed by atoms with Crippen molar-refractivity contribution in [1.29, 1.82) is 0 Å². The maximum Gasteiger partial charge on any atom is 0.223 e. The Bertz CT molecular complexity index is 357. The van der Waals surface area contributed by atoms with E-state index in [4.69, 9.17) is 0 Å². The van der Waals surface area contributed by atoms with Crippen LogP contribution in [0.3, 0.4) is 0 Å². The fourth-order valence-electron chi connectivity index (χ4n) is 2.83. The van der Waals surface area contributed by atoms with Gasteiger partial charge in [-0.3, -0.25) is 9.59 Å². The van der Waals surface area contributed by atoms with Gasteiger partial charge in [0.05, 0.1) is 0 Å². The number of hydrogen-bond donors (Lipinski definition) is 2. The largest absolute Gasteiger partial charge is 0.354 e. The smallest absolute Gasteiger partial charge is 0.223 e. The van der Waals surface area contributed by atoms with Gasteiger partial charge < -0.3 is 10.6 Å². The summed E-state index contributed by atoms with van der Waals surface area (Å²) in [5, 5.41) is 6.19. The molecule has 0 saturated heterocycles. The van der Waals surface area contributed by atoms with Crippen LogP contribution in [0.5, 0.6) is 0 Å². The molecule has 0 spiro atoms. The predicted octanol–water partition coefficient (Wildman–Crippen LogP) is 1.60. The molecule has 0 aromatic carbocycles. The minimum atomic E-state index is 0.164. The van der Waals surface area contributed by atoms with E-state index >= 15 is 0 Å². The van der Waals surface area contributed by atoms with Crippen LogP contribution in [0.4, 0.5) is 0 Å². The van der Waals surface area contributed by atoms with E-state index in [0.29, 0.717) is 12.5 Å². The molecule has 1 atom stereocenters. The molecule has 0 radical (unpaired) electrons. The normalized spacial score (nSPS) is 25.1. The fraction of sp³-hybridized carbons (Fsp3) is 0.867. The fourth-order valence-corrected chi connectivity index (χ4v) is 2.83. The highest BCUT2D eigenvalue weighted by molar-refractivity contribution is 5.81. The molecule has 4 heteroatoms. The maximum atomic E-state index is 12.0. The topological polar surface area (TPSA) is 58.2 Å². The van der Waals surface area contributed by atoms with E-state index in [1.165, 1.54) is 25.7 Å². The molecule has 1 unspecified atom stereocenters. The van der Waals surface area contributed by atoms with E-state index in [1.807, 2.05) is 0 Å². The molecule has 2 amide bonds. The Hall–Kier alpha value is -1.06. The molecule has 0 aromatic heterocycles. The van der Waals surface area contributed by atoms with Gasteiger partial charge in [-0.2, -0.15) is 0 Å². The molecule has 3 rings (SSSR count). The summed E-state index contributed by atoms with van der Waals surface area (Å²) in [5.74, 6) is 1.47. The molecule has 0 heterocycles. The Kier molecular flexibility index (Phi) is 3.76. The van der Waals surface area contributed by atoms with Crippen LogP contribution in [0.25, 0.3) is 0 Å². The highest BCUT2D eigenvalue weighted by atomic mass is 16.2. The third-order valence-electron chi connectivity index (χ3n) is 4.97. The molecule has 3 fully saturated rings. The van der Waals surface area contributed by atoms with Crippen molar-refractivity contribution in [2.24, 2.45) is 17.8 Å². The first-order chi connectivity index (χ1) is 9.24. The summed E-state index contributed by atoms with van der Waals surface area (Å²) in [6.45, 7) is 0.623. The average Bonchev–Trinajstić information content (AvgIpc) is 3.02. The van der Waals surface area contributed by atoms with Crippen molar-refractivity contribution in [3.8, 4) is 0 Å². The van der Waals surface area contributed by atoms with Crippen LogP contribution in [-0.2, 0) is 9.59 Å². The van der Waals surface area contributed by atoms with Crippen LogP contribution in [-0.4, -0.2) is 24.4 Å². The lowest BCUT2D eigenvalue weighted by molar-refractivity contribution is -0.130. The van der Waals surface area contributed by atoms with Gasteiger partial charge in [0.2, 0.25) is 11.8 Å². The van der Waals surface area contributed by atoms with Gasteiger partial charge in [-0.05, 0) is 44.4 Å². The third-order valence-corrected chi connectivity index (χ3v) is 4.97. The van der Waals surface area contributed by atoms with Gasteiger partial charge in [0.15, 0.2) is 0 Å². The average molecular weight is 264 g/mol. The molecular formula is C15H24N2O2. The molecule has 2 N–H and O–H groups in total. The van der Waals surface area contributed by atoms with Gasteiger partial charge in [-0.15, -0.1) is 0 Å². The summed E-state index contributed by atoms with van der Waals surface area (Å²) in [4.78, 5) is 23.8. The van der Waals surface area contributed by atoms with Crippen LogP contribution < -0.4 is 10.6 Å². The zero-order valence-electron chi connectivity index (χ0n) is 11.5. The first kappa shape index (κ1) is 12.9. The van der Waals surface area contributed by atoms with Gasteiger partial charge in [0.25, 0.3) is 0 Å². The van der Waals surface area contributed by atoms with Crippen LogP contribution in [0.1, 0.15) is 51.4 Å². The van der Waals surface area contributed by atoms with Gasteiger partial charge in [-0.1, -0.05) is 12.8 Å². The Morgan fingerprint density at radius 3 is 1.95 bits per heavy atom. The van der Waals surface area contributed by atoms with E-state index in [2.05, 4.69) is 10.6 Å². The van der Waals surface area contributed by atoms with E-state index < -0.39 is 0 Å². The molecule has 0 aliphatic heterocycles. The van der Waals surface area contributed by atoms with Crippen molar-refractivity contribution >= 4 is 11.8 Å². The Balaban J connectivity index is 1.44. The Morgan fingerprint density at radius 2 is 1.47 bits per heavy atom. The molecule has 19 heavy (non-hydrogen) atoms. The second kappa shape index (κ2) is 5.51. The van der Waals surface area contributed by atoms with Crippen molar-refractivity contribution in [3.05, 3.63) is 0 Å². The Morgan fingerprint density at radius 1 is 0.895 bits per heavy atom. The summed E-state index contributed by atoms with van der Waals surface area (Å²) in [6.07, 6.45) is 8.90. The van der Waals surface area contributed by atoms with Crippen molar-refractivity contribution in [2.45, 2.75) is 57.4 Å². The monoisotopic (exact) mass is 264 g/mol. The summed E-state index contributed by atoms with van der Waals surface area (Å²) in [7, 11) is 0. The number of rotatable bonds is 6. The molecule has 0 bridgehead atoms. The number of hydrogen-bond acceptors (Lipinski definition) is 2. The van der Waals surface area contributed by atoms with Crippen LogP contribution in [0.2, 0.25) is 0 Å². The van der Waals surface area contributed by atoms with Gasteiger partial charge in [-0.25, -0.2) is 0 Å². The molecule has 4 nitrogen and oxygen atoms in total. The quantitative estimate of drug-likeness (QED) is 0.765. The summed E-state index contributed by atoms with van der Waals surface area (Å²) < 4.78 is 0. The number of nitrogens with one attached hydrogen (secondary N) is 2. The van der Waals surface area contributed by atoms with E-state index in [-0.39, 0.29) is 29.7 Å².